The minimum atomic E-state index is -4.43. The summed E-state index contributed by atoms with van der Waals surface area (Å²) in [5.41, 5.74) is 0.138. The lowest BCUT2D eigenvalue weighted by Gasteiger charge is -2.05. The summed E-state index contributed by atoms with van der Waals surface area (Å²) in [5, 5.41) is 0.222. The van der Waals surface area contributed by atoms with E-state index in [0.717, 1.165) is 6.26 Å². The zero-order valence-electron chi connectivity index (χ0n) is 8.17. The minimum absolute atomic E-state index is 0.0556. The zero-order valence-corrected chi connectivity index (χ0v) is 10.6. The van der Waals surface area contributed by atoms with Crippen molar-refractivity contribution in [3.63, 3.8) is 0 Å². The summed E-state index contributed by atoms with van der Waals surface area (Å²) in [4.78, 5) is 22.1. The average Bonchev–Trinajstić information content (AvgIpc) is 2.65. The Morgan fingerprint density at radius 3 is 2.65 bits per heavy atom. The van der Waals surface area contributed by atoms with Crippen LogP contribution < -0.4 is 5.30 Å². The van der Waals surface area contributed by atoms with E-state index in [2.05, 4.69) is 4.98 Å². The molecule has 2 N–H and O–H groups in total. The van der Waals surface area contributed by atoms with Crippen LogP contribution in [0, 0.1) is 0 Å². The van der Waals surface area contributed by atoms with Crippen LogP contribution in [0.3, 0.4) is 0 Å². The second kappa shape index (κ2) is 4.44. The molecular formula is C9H6Cl2NO4P. The Hall–Kier alpha value is -0.840. The van der Waals surface area contributed by atoms with Crippen LogP contribution in [0.25, 0.3) is 11.5 Å². The Morgan fingerprint density at radius 1 is 1.35 bits per heavy atom. The van der Waals surface area contributed by atoms with Gasteiger partial charge in [-0.3, -0.25) is 4.57 Å². The first kappa shape index (κ1) is 12.6. The topological polar surface area (TPSA) is 83.6 Å². The van der Waals surface area contributed by atoms with Gasteiger partial charge in [0.25, 0.3) is 0 Å². The van der Waals surface area contributed by atoms with E-state index in [1.807, 2.05) is 0 Å². The standard InChI is InChI=1S/C9H6Cl2NO4P/c10-5-3-6(11)8(12-4-5)9-7(1-2-16-9)17(13,14)15/h1-4H,(H2,13,14,15). The number of nitrogens with zero attached hydrogens (tertiary/aromatic N) is 1. The van der Waals surface area contributed by atoms with E-state index in [0.29, 0.717) is 5.02 Å². The second-order valence-corrected chi connectivity index (χ2v) is 5.58. The van der Waals surface area contributed by atoms with Gasteiger partial charge in [-0.15, -0.1) is 0 Å². The summed E-state index contributed by atoms with van der Waals surface area (Å²) in [7, 11) is -4.43. The molecule has 0 aliphatic carbocycles. The first-order valence-corrected chi connectivity index (χ1v) is 6.71. The zero-order chi connectivity index (χ0) is 12.6. The van der Waals surface area contributed by atoms with Crippen LogP contribution in [0.15, 0.2) is 29.0 Å². The Bertz CT molecular complexity index is 607. The van der Waals surface area contributed by atoms with Gasteiger partial charge >= 0.3 is 7.60 Å². The van der Waals surface area contributed by atoms with Crippen LogP contribution in [0.1, 0.15) is 0 Å². The van der Waals surface area contributed by atoms with Gasteiger partial charge in [-0.25, -0.2) is 4.98 Å². The van der Waals surface area contributed by atoms with E-state index in [9.17, 15) is 4.57 Å². The molecule has 0 saturated heterocycles. The average molecular weight is 294 g/mol. The van der Waals surface area contributed by atoms with Crippen molar-refractivity contribution in [1.29, 1.82) is 0 Å². The molecule has 0 spiro atoms. The molecule has 0 aliphatic heterocycles. The van der Waals surface area contributed by atoms with Gasteiger partial charge in [0, 0.05) is 6.20 Å². The first-order chi connectivity index (χ1) is 7.89. The van der Waals surface area contributed by atoms with E-state index < -0.39 is 7.60 Å². The molecule has 0 aliphatic rings. The summed E-state index contributed by atoms with van der Waals surface area (Å²) in [6, 6.07) is 2.60. The number of hydrogen-bond donors (Lipinski definition) is 2. The Balaban J connectivity index is 2.62. The lowest BCUT2D eigenvalue weighted by atomic mass is 10.3. The molecule has 2 aromatic heterocycles. The van der Waals surface area contributed by atoms with E-state index in [1.54, 1.807) is 0 Å². The van der Waals surface area contributed by atoms with Crippen molar-refractivity contribution < 1.29 is 18.8 Å². The first-order valence-electron chi connectivity index (χ1n) is 4.34. The van der Waals surface area contributed by atoms with Gasteiger partial charge < -0.3 is 14.2 Å². The van der Waals surface area contributed by atoms with Crippen LogP contribution in [-0.4, -0.2) is 14.8 Å². The molecule has 0 aromatic carbocycles. The molecule has 0 saturated carbocycles. The highest BCUT2D eigenvalue weighted by Crippen LogP contribution is 2.39. The van der Waals surface area contributed by atoms with Crippen LogP contribution in [0.5, 0.6) is 0 Å². The number of halogens is 2. The molecule has 0 atom stereocenters. The molecule has 0 amide bonds. The van der Waals surface area contributed by atoms with Gasteiger partial charge in [-0.1, -0.05) is 23.2 Å². The molecule has 0 radical (unpaired) electrons. The highest BCUT2D eigenvalue weighted by molar-refractivity contribution is 7.60. The Kier molecular flexibility index (Phi) is 3.30. The van der Waals surface area contributed by atoms with Crippen molar-refractivity contribution >= 4 is 36.1 Å². The monoisotopic (exact) mass is 293 g/mol. The maximum Gasteiger partial charge on any atom is 0.360 e. The van der Waals surface area contributed by atoms with Gasteiger partial charge in [0.05, 0.1) is 16.3 Å². The molecule has 5 nitrogen and oxygen atoms in total. The number of hydrogen-bond acceptors (Lipinski definition) is 3. The summed E-state index contributed by atoms with van der Waals surface area (Å²) in [5.74, 6) is -0.0556. The number of furan rings is 1. The molecule has 0 unspecified atom stereocenters. The number of pyridine rings is 1. The van der Waals surface area contributed by atoms with Crippen molar-refractivity contribution in [1.82, 2.24) is 4.98 Å². The number of rotatable bonds is 2. The third-order valence-corrected chi connectivity index (χ3v) is 3.46. The molecule has 0 bridgehead atoms. The maximum atomic E-state index is 11.2. The Morgan fingerprint density at radius 2 is 2.06 bits per heavy atom. The molecule has 8 heteroatoms. The van der Waals surface area contributed by atoms with Crippen LogP contribution >= 0.6 is 30.8 Å². The fraction of sp³-hybridized carbons (Fsp3) is 0. The van der Waals surface area contributed by atoms with Crippen molar-refractivity contribution in [2.45, 2.75) is 0 Å². The van der Waals surface area contributed by atoms with Crippen molar-refractivity contribution in [2.75, 3.05) is 0 Å². The van der Waals surface area contributed by atoms with Gasteiger partial charge in [-0.05, 0) is 12.1 Å². The molecule has 0 fully saturated rings. The van der Waals surface area contributed by atoms with Crippen molar-refractivity contribution in [2.24, 2.45) is 0 Å². The van der Waals surface area contributed by atoms with E-state index in [1.165, 1.54) is 18.3 Å². The molecule has 2 heterocycles. The smallest absolute Gasteiger partial charge is 0.360 e. The highest BCUT2D eigenvalue weighted by atomic mass is 35.5. The Labute approximate surface area is 106 Å². The quantitative estimate of drug-likeness (QED) is 0.831. The van der Waals surface area contributed by atoms with Crippen LogP contribution in [-0.2, 0) is 4.57 Å². The fourth-order valence-corrected chi connectivity index (χ4v) is 2.43. The van der Waals surface area contributed by atoms with E-state index in [-0.39, 0.29) is 21.8 Å². The summed E-state index contributed by atoms with van der Waals surface area (Å²) < 4.78 is 16.2. The van der Waals surface area contributed by atoms with E-state index in [4.69, 9.17) is 37.4 Å². The third-order valence-electron chi connectivity index (χ3n) is 1.98. The summed E-state index contributed by atoms with van der Waals surface area (Å²) in [6.45, 7) is 0. The molecule has 90 valence electrons. The predicted octanol–water partition coefficient (Wildman–Crippen LogP) is 2.45. The van der Waals surface area contributed by atoms with Crippen molar-refractivity contribution in [3.05, 3.63) is 34.6 Å². The molecular weight excluding hydrogens is 288 g/mol. The largest absolute Gasteiger partial charge is 0.462 e. The fourth-order valence-electron chi connectivity index (χ4n) is 1.29. The van der Waals surface area contributed by atoms with Gasteiger partial charge in [0.1, 0.15) is 11.0 Å². The van der Waals surface area contributed by atoms with Gasteiger partial charge in [0.15, 0.2) is 5.76 Å². The van der Waals surface area contributed by atoms with Crippen LogP contribution in [0.4, 0.5) is 0 Å². The van der Waals surface area contributed by atoms with E-state index >= 15 is 0 Å². The van der Waals surface area contributed by atoms with Crippen molar-refractivity contribution in [3.8, 4) is 11.5 Å². The normalized spacial score (nSPS) is 11.8. The molecule has 17 heavy (non-hydrogen) atoms. The summed E-state index contributed by atoms with van der Waals surface area (Å²) in [6.07, 6.45) is 2.48. The lowest BCUT2D eigenvalue weighted by Crippen LogP contribution is -2.04. The van der Waals surface area contributed by atoms with Gasteiger partial charge in [-0.2, -0.15) is 0 Å². The summed E-state index contributed by atoms with van der Waals surface area (Å²) >= 11 is 11.6. The SMILES string of the molecule is O=P(O)(O)c1ccoc1-c1ncc(Cl)cc1Cl. The van der Waals surface area contributed by atoms with Gasteiger partial charge in [0.2, 0.25) is 0 Å². The van der Waals surface area contributed by atoms with Crippen LogP contribution in [0.2, 0.25) is 10.0 Å². The molecule has 2 rings (SSSR count). The molecule has 2 aromatic rings. The third kappa shape index (κ3) is 2.54. The lowest BCUT2D eigenvalue weighted by molar-refractivity contribution is 0.387. The predicted molar refractivity (Wildman–Crippen MR) is 63.6 cm³/mol. The minimum Gasteiger partial charge on any atom is -0.462 e. The number of aromatic nitrogens is 1. The second-order valence-electron chi connectivity index (χ2n) is 3.16. The highest BCUT2D eigenvalue weighted by Gasteiger charge is 2.27. The maximum absolute atomic E-state index is 11.2.